The van der Waals surface area contributed by atoms with Gasteiger partial charge in [0.1, 0.15) is 11.6 Å². The van der Waals surface area contributed by atoms with Gasteiger partial charge in [-0.25, -0.2) is 9.78 Å². The molecule has 1 aliphatic carbocycles. The minimum Gasteiger partial charge on any atom is -0.445 e. The molecule has 0 bridgehead atoms. The van der Waals surface area contributed by atoms with Crippen LogP contribution in [0.4, 0.5) is 4.79 Å². The number of rotatable bonds is 6. The predicted molar refractivity (Wildman–Crippen MR) is 94.5 cm³/mol. The van der Waals surface area contributed by atoms with Crippen molar-refractivity contribution >= 4 is 33.4 Å². The summed E-state index contributed by atoms with van der Waals surface area (Å²) in [4.78, 5) is 18.6. The Morgan fingerprint density at radius 3 is 2.78 bits per heavy atom. The van der Waals surface area contributed by atoms with Gasteiger partial charge in [0.15, 0.2) is 0 Å². The molecule has 1 fully saturated rings. The molecule has 23 heavy (non-hydrogen) atoms. The van der Waals surface area contributed by atoms with Gasteiger partial charge in [-0.05, 0) is 41.3 Å². The van der Waals surface area contributed by atoms with E-state index in [1.165, 1.54) is 12.8 Å². The number of benzene rings is 1. The third kappa shape index (κ3) is 4.32. The van der Waals surface area contributed by atoms with Gasteiger partial charge in [-0.15, -0.1) is 11.3 Å². The first-order valence-corrected chi connectivity index (χ1v) is 9.39. The number of carbonyl (C=O) groups excluding carboxylic acids is 1. The molecule has 0 aliphatic heterocycles. The first-order valence-electron chi connectivity index (χ1n) is 7.78. The van der Waals surface area contributed by atoms with Crippen molar-refractivity contribution in [3.8, 4) is 0 Å². The molecular formula is C17H19BrN2O2S. The molecule has 4 nitrogen and oxygen atoms in total. The number of thiazole rings is 1. The van der Waals surface area contributed by atoms with E-state index in [0.717, 1.165) is 20.1 Å². The van der Waals surface area contributed by atoms with Crippen molar-refractivity contribution in [3.63, 3.8) is 0 Å². The van der Waals surface area contributed by atoms with Crippen molar-refractivity contribution in [3.05, 3.63) is 50.4 Å². The number of hydrogen-bond acceptors (Lipinski definition) is 4. The quantitative estimate of drug-likeness (QED) is 0.696. The van der Waals surface area contributed by atoms with Gasteiger partial charge in [0, 0.05) is 12.5 Å². The molecule has 2 aromatic rings. The third-order valence-electron chi connectivity index (χ3n) is 3.79. The van der Waals surface area contributed by atoms with E-state index in [2.05, 4.69) is 20.9 Å². The fraction of sp³-hybridized carbons (Fsp3) is 0.412. The zero-order valence-corrected chi connectivity index (χ0v) is 15.4. The summed E-state index contributed by atoms with van der Waals surface area (Å²) in [7, 11) is 0. The lowest BCUT2D eigenvalue weighted by molar-refractivity contribution is 0.0956. The van der Waals surface area contributed by atoms with E-state index in [0.29, 0.717) is 25.6 Å². The second-order valence-electron chi connectivity index (χ2n) is 5.60. The lowest BCUT2D eigenvalue weighted by Gasteiger charge is -2.19. The van der Waals surface area contributed by atoms with Crippen LogP contribution in [0.1, 0.15) is 41.9 Å². The number of nitrogens with zero attached hydrogens (tertiary/aromatic N) is 2. The van der Waals surface area contributed by atoms with Crippen molar-refractivity contribution in [1.82, 2.24) is 9.88 Å². The minimum atomic E-state index is -0.296. The minimum absolute atomic E-state index is 0.296. The van der Waals surface area contributed by atoms with E-state index in [-0.39, 0.29) is 6.09 Å². The summed E-state index contributed by atoms with van der Waals surface area (Å²) >= 11 is 5.20. The van der Waals surface area contributed by atoms with E-state index >= 15 is 0 Å². The first-order chi connectivity index (χ1) is 11.2. The molecule has 6 heteroatoms. The number of amides is 1. The van der Waals surface area contributed by atoms with Gasteiger partial charge >= 0.3 is 6.09 Å². The van der Waals surface area contributed by atoms with Crippen LogP contribution in [-0.4, -0.2) is 22.5 Å². The molecule has 1 heterocycles. The number of ether oxygens (including phenoxy) is 1. The van der Waals surface area contributed by atoms with Crippen molar-refractivity contribution in [2.24, 2.45) is 0 Å². The van der Waals surface area contributed by atoms with Crippen LogP contribution in [0.2, 0.25) is 0 Å². The van der Waals surface area contributed by atoms with Crippen LogP contribution < -0.4 is 0 Å². The summed E-state index contributed by atoms with van der Waals surface area (Å²) in [6.45, 7) is 3.35. The molecule has 1 aliphatic rings. The average Bonchev–Trinajstić information content (AvgIpc) is 3.34. The Labute approximate surface area is 148 Å². The summed E-state index contributed by atoms with van der Waals surface area (Å²) in [5.41, 5.74) is 2.14. The summed E-state index contributed by atoms with van der Waals surface area (Å²) in [5, 5.41) is 0.956. The van der Waals surface area contributed by atoms with Crippen LogP contribution >= 0.6 is 27.3 Å². The van der Waals surface area contributed by atoms with Crippen LogP contribution in [0.25, 0.3) is 0 Å². The molecule has 122 valence electrons. The summed E-state index contributed by atoms with van der Waals surface area (Å²) in [5.74, 6) is 0.606. The molecule has 1 amide bonds. The topological polar surface area (TPSA) is 42.4 Å². The number of aromatic nitrogens is 1. The van der Waals surface area contributed by atoms with Gasteiger partial charge < -0.3 is 9.64 Å². The Bertz CT molecular complexity index is 670. The molecule has 3 rings (SSSR count). The second kappa shape index (κ2) is 7.45. The lowest BCUT2D eigenvalue weighted by Crippen LogP contribution is -2.30. The van der Waals surface area contributed by atoms with Crippen LogP contribution in [0, 0.1) is 0 Å². The number of halogens is 1. The van der Waals surface area contributed by atoms with Crippen molar-refractivity contribution in [1.29, 1.82) is 0 Å². The molecule has 1 aromatic carbocycles. The second-order valence-corrected chi connectivity index (χ2v) is 8.00. The Kier molecular flexibility index (Phi) is 5.33. The Hall–Kier alpha value is -1.40. The van der Waals surface area contributed by atoms with E-state index in [1.54, 1.807) is 16.2 Å². The normalized spacial score (nSPS) is 13.8. The zero-order valence-electron chi connectivity index (χ0n) is 13.0. The van der Waals surface area contributed by atoms with Crippen molar-refractivity contribution < 1.29 is 9.53 Å². The van der Waals surface area contributed by atoms with Gasteiger partial charge in [-0.2, -0.15) is 0 Å². The summed E-state index contributed by atoms with van der Waals surface area (Å²) in [6.07, 6.45) is 2.15. The van der Waals surface area contributed by atoms with Crippen LogP contribution in [0.3, 0.4) is 0 Å². The first kappa shape index (κ1) is 16.5. The highest BCUT2D eigenvalue weighted by Gasteiger charge is 2.29. The van der Waals surface area contributed by atoms with Crippen LogP contribution in [0.15, 0.2) is 34.1 Å². The van der Waals surface area contributed by atoms with Gasteiger partial charge in [-0.1, -0.05) is 30.3 Å². The molecule has 1 aromatic heterocycles. The molecule has 0 radical (unpaired) electrons. The molecule has 0 unspecified atom stereocenters. The molecule has 0 N–H and O–H groups in total. The Balaban J connectivity index is 1.58. The number of hydrogen-bond donors (Lipinski definition) is 0. The fourth-order valence-corrected chi connectivity index (χ4v) is 4.17. The van der Waals surface area contributed by atoms with Gasteiger partial charge in [0.05, 0.1) is 16.0 Å². The van der Waals surface area contributed by atoms with Crippen molar-refractivity contribution in [2.45, 2.75) is 38.8 Å². The third-order valence-corrected chi connectivity index (χ3v) is 5.53. The van der Waals surface area contributed by atoms with Crippen LogP contribution in [-0.2, 0) is 17.9 Å². The highest BCUT2D eigenvalue weighted by atomic mass is 79.9. The Morgan fingerprint density at radius 2 is 2.13 bits per heavy atom. The smallest absolute Gasteiger partial charge is 0.410 e. The van der Waals surface area contributed by atoms with Crippen LogP contribution in [0.5, 0.6) is 0 Å². The van der Waals surface area contributed by atoms with Gasteiger partial charge in [-0.3, -0.25) is 0 Å². The summed E-state index contributed by atoms with van der Waals surface area (Å²) in [6, 6.07) is 9.72. The SMILES string of the molecule is CCN(Cc1nc(C2CC2)c(Br)s1)C(=O)OCc1ccccc1. The van der Waals surface area contributed by atoms with E-state index in [9.17, 15) is 4.79 Å². The summed E-state index contributed by atoms with van der Waals surface area (Å²) < 4.78 is 6.50. The molecule has 0 atom stereocenters. The monoisotopic (exact) mass is 394 g/mol. The zero-order chi connectivity index (χ0) is 16.2. The average molecular weight is 395 g/mol. The number of carbonyl (C=O) groups is 1. The molecular weight excluding hydrogens is 376 g/mol. The lowest BCUT2D eigenvalue weighted by atomic mass is 10.2. The predicted octanol–water partition coefficient (Wildman–Crippen LogP) is 4.94. The maximum absolute atomic E-state index is 12.3. The molecule has 1 saturated carbocycles. The highest BCUT2D eigenvalue weighted by molar-refractivity contribution is 9.11. The largest absolute Gasteiger partial charge is 0.445 e. The van der Waals surface area contributed by atoms with Gasteiger partial charge in [0.25, 0.3) is 0 Å². The molecule has 0 saturated heterocycles. The maximum Gasteiger partial charge on any atom is 0.410 e. The Morgan fingerprint density at radius 1 is 1.39 bits per heavy atom. The van der Waals surface area contributed by atoms with E-state index < -0.39 is 0 Å². The van der Waals surface area contributed by atoms with Gasteiger partial charge in [0.2, 0.25) is 0 Å². The fourth-order valence-electron chi connectivity index (χ4n) is 2.31. The standard InChI is InChI=1S/C17H19BrN2O2S/c1-2-20(17(21)22-11-12-6-4-3-5-7-12)10-14-19-15(13-8-9-13)16(18)23-14/h3-7,13H,2,8-11H2,1H3. The van der Waals surface area contributed by atoms with E-state index in [4.69, 9.17) is 4.74 Å². The maximum atomic E-state index is 12.3. The highest BCUT2D eigenvalue weighted by Crippen LogP contribution is 2.44. The molecule has 0 spiro atoms. The van der Waals surface area contributed by atoms with Crippen molar-refractivity contribution in [2.75, 3.05) is 6.54 Å². The van der Waals surface area contributed by atoms with E-state index in [1.807, 2.05) is 37.3 Å².